The van der Waals surface area contributed by atoms with Crippen molar-refractivity contribution in [1.29, 1.82) is 0 Å². The summed E-state index contributed by atoms with van der Waals surface area (Å²) in [5.74, 6) is -2.56. The number of sulfonamides is 1. The van der Waals surface area contributed by atoms with Crippen LogP contribution in [0, 0.1) is 5.82 Å². The Balaban J connectivity index is 2.47. The molecule has 0 saturated heterocycles. The van der Waals surface area contributed by atoms with Gasteiger partial charge >= 0.3 is 5.97 Å². The Hall–Kier alpha value is -1.67. The predicted molar refractivity (Wildman–Crippen MR) is 65.9 cm³/mol. The highest BCUT2D eigenvalue weighted by molar-refractivity contribution is 7.89. The van der Waals surface area contributed by atoms with E-state index in [1.54, 1.807) is 0 Å². The van der Waals surface area contributed by atoms with Crippen LogP contribution >= 0.6 is 0 Å². The van der Waals surface area contributed by atoms with E-state index < -0.39 is 27.6 Å². The van der Waals surface area contributed by atoms with Gasteiger partial charge in [-0.25, -0.2) is 17.1 Å². The third-order valence-electron chi connectivity index (χ3n) is 2.25. The number of aliphatic carboxylic acids is 1. The highest BCUT2D eigenvalue weighted by Crippen LogP contribution is 2.11. The number of benzene rings is 1. The molecule has 0 aromatic heterocycles. The molecule has 1 N–H and O–H groups in total. The molecule has 0 unspecified atom stereocenters. The van der Waals surface area contributed by atoms with Crippen LogP contribution in [0.1, 0.15) is 0 Å². The summed E-state index contributed by atoms with van der Waals surface area (Å²) in [4.78, 5) is 10.4. The third kappa shape index (κ3) is 5.23. The first-order chi connectivity index (χ1) is 8.81. The normalized spacial score (nSPS) is 11.5. The summed E-state index contributed by atoms with van der Waals surface area (Å²) in [6.45, 7) is -0.0229. The summed E-state index contributed by atoms with van der Waals surface area (Å²) < 4.78 is 41.8. The van der Waals surface area contributed by atoms with Gasteiger partial charge in [0.25, 0.3) is 0 Å². The largest absolute Gasteiger partial charge is 0.492 e. The Morgan fingerprint density at radius 1 is 1.47 bits per heavy atom. The fraction of sp³-hybridized carbons (Fsp3) is 0.364. The van der Waals surface area contributed by atoms with Crippen molar-refractivity contribution in [2.45, 2.75) is 0 Å². The van der Waals surface area contributed by atoms with Crippen molar-refractivity contribution in [2.75, 3.05) is 26.0 Å². The Labute approximate surface area is 110 Å². The zero-order chi connectivity index (χ0) is 14.5. The van der Waals surface area contributed by atoms with Crippen LogP contribution in [0.5, 0.6) is 5.75 Å². The lowest BCUT2D eigenvalue weighted by atomic mass is 10.3. The van der Waals surface area contributed by atoms with Crippen molar-refractivity contribution in [2.24, 2.45) is 0 Å². The fourth-order valence-corrected chi connectivity index (χ4v) is 2.14. The Bertz CT molecular complexity index is 546. The molecule has 106 valence electrons. The van der Waals surface area contributed by atoms with Gasteiger partial charge in [-0.15, -0.1) is 0 Å². The van der Waals surface area contributed by atoms with Crippen LogP contribution in [0.25, 0.3) is 0 Å². The van der Waals surface area contributed by atoms with Crippen molar-refractivity contribution >= 4 is 16.0 Å². The molecule has 1 aromatic carbocycles. The molecule has 0 fully saturated rings. The van der Waals surface area contributed by atoms with Crippen LogP contribution in [-0.2, 0) is 14.8 Å². The van der Waals surface area contributed by atoms with Crippen LogP contribution in [0.3, 0.4) is 0 Å². The van der Waals surface area contributed by atoms with Crippen LogP contribution in [0.2, 0.25) is 0 Å². The molecule has 0 saturated carbocycles. The lowest BCUT2D eigenvalue weighted by Gasteiger charge is -2.16. The number of halogens is 1. The van der Waals surface area contributed by atoms with Crippen LogP contribution in [0.15, 0.2) is 24.3 Å². The maximum absolute atomic E-state index is 12.8. The molecule has 8 heteroatoms. The first-order valence-electron chi connectivity index (χ1n) is 5.35. The van der Waals surface area contributed by atoms with Crippen LogP contribution in [0.4, 0.5) is 4.39 Å². The summed E-state index contributed by atoms with van der Waals surface area (Å²) in [5, 5.41) is 8.45. The van der Waals surface area contributed by atoms with E-state index in [1.807, 2.05) is 0 Å². The Kier molecular flexibility index (Phi) is 5.25. The number of ether oxygens (including phenoxy) is 1. The standard InChI is InChI=1S/C11H14FNO5S/c1-13(19(16,17)8-11(14)15)5-6-18-10-4-2-3-9(12)7-10/h2-4,7H,5-6,8H2,1H3,(H,14,15). The molecule has 19 heavy (non-hydrogen) atoms. The SMILES string of the molecule is CN(CCOc1cccc(F)c1)S(=O)(=O)CC(=O)O. The second kappa shape index (κ2) is 6.48. The first-order valence-corrected chi connectivity index (χ1v) is 6.96. The van der Waals surface area contributed by atoms with Gasteiger partial charge in [0.15, 0.2) is 5.75 Å². The second-order valence-electron chi connectivity index (χ2n) is 3.78. The average molecular weight is 291 g/mol. The quantitative estimate of drug-likeness (QED) is 0.793. The van der Waals surface area contributed by atoms with E-state index in [4.69, 9.17) is 9.84 Å². The van der Waals surface area contributed by atoms with Gasteiger partial charge in [-0.3, -0.25) is 4.79 Å². The maximum atomic E-state index is 12.8. The topological polar surface area (TPSA) is 83.9 Å². The monoisotopic (exact) mass is 291 g/mol. The molecule has 0 amide bonds. The van der Waals surface area contributed by atoms with E-state index in [0.717, 1.165) is 4.31 Å². The van der Waals surface area contributed by atoms with E-state index in [-0.39, 0.29) is 18.9 Å². The number of carbonyl (C=O) groups is 1. The Morgan fingerprint density at radius 3 is 2.74 bits per heavy atom. The van der Waals surface area contributed by atoms with Gasteiger partial charge in [-0.1, -0.05) is 6.07 Å². The first kappa shape index (κ1) is 15.4. The molecule has 0 spiro atoms. The lowest BCUT2D eigenvalue weighted by molar-refractivity contribution is -0.134. The molecule has 1 aromatic rings. The summed E-state index contributed by atoms with van der Waals surface area (Å²) >= 11 is 0. The molecule has 0 aliphatic carbocycles. The highest BCUT2D eigenvalue weighted by atomic mass is 32.2. The van der Waals surface area contributed by atoms with Gasteiger partial charge in [-0.05, 0) is 12.1 Å². The number of carboxylic acids is 1. The smallest absolute Gasteiger partial charge is 0.320 e. The summed E-state index contributed by atoms with van der Waals surface area (Å²) in [6.07, 6.45) is 0. The molecule has 0 radical (unpaired) electrons. The van der Waals surface area contributed by atoms with E-state index in [0.29, 0.717) is 0 Å². The highest BCUT2D eigenvalue weighted by Gasteiger charge is 2.21. The number of likely N-dealkylation sites (N-methyl/N-ethyl adjacent to an activating group) is 1. The van der Waals surface area contributed by atoms with Crippen LogP contribution < -0.4 is 4.74 Å². The zero-order valence-electron chi connectivity index (χ0n) is 10.2. The van der Waals surface area contributed by atoms with E-state index in [2.05, 4.69) is 0 Å². The van der Waals surface area contributed by atoms with Crippen molar-refractivity contribution < 1.29 is 27.4 Å². The molecule has 0 aliphatic rings. The Morgan fingerprint density at radius 2 is 2.16 bits per heavy atom. The molecular formula is C11H14FNO5S. The van der Waals surface area contributed by atoms with Crippen LogP contribution in [-0.4, -0.2) is 49.8 Å². The van der Waals surface area contributed by atoms with E-state index in [9.17, 15) is 17.6 Å². The van der Waals surface area contributed by atoms with Gasteiger partial charge in [-0.2, -0.15) is 0 Å². The van der Waals surface area contributed by atoms with E-state index in [1.165, 1.54) is 31.3 Å². The minimum Gasteiger partial charge on any atom is -0.492 e. The van der Waals surface area contributed by atoms with Gasteiger partial charge in [0.2, 0.25) is 10.0 Å². The number of rotatable bonds is 7. The number of hydrogen-bond acceptors (Lipinski definition) is 4. The molecule has 0 bridgehead atoms. The van der Waals surface area contributed by atoms with Gasteiger partial charge in [0.05, 0.1) is 0 Å². The average Bonchev–Trinajstić information content (AvgIpc) is 2.27. The number of hydrogen-bond donors (Lipinski definition) is 1. The van der Waals surface area contributed by atoms with Crippen molar-refractivity contribution in [3.63, 3.8) is 0 Å². The van der Waals surface area contributed by atoms with E-state index >= 15 is 0 Å². The molecular weight excluding hydrogens is 277 g/mol. The molecule has 0 heterocycles. The minimum absolute atomic E-state index is 0.00119. The summed E-state index contributed by atoms with van der Waals surface area (Å²) in [5.41, 5.74) is 0. The van der Waals surface area contributed by atoms with Crippen molar-refractivity contribution in [1.82, 2.24) is 4.31 Å². The van der Waals surface area contributed by atoms with Crippen molar-refractivity contribution in [3.8, 4) is 5.75 Å². The molecule has 0 aliphatic heterocycles. The lowest BCUT2D eigenvalue weighted by Crippen LogP contribution is -2.35. The number of nitrogens with zero attached hydrogens (tertiary/aromatic N) is 1. The van der Waals surface area contributed by atoms with Gasteiger partial charge < -0.3 is 9.84 Å². The molecule has 1 rings (SSSR count). The predicted octanol–water partition coefficient (Wildman–Crippen LogP) is 0.551. The fourth-order valence-electron chi connectivity index (χ4n) is 1.25. The number of carboxylic acid groups (broad SMARTS) is 1. The third-order valence-corrected chi connectivity index (χ3v) is 4.00. The van der Waals surface area contributed by atoms with Gasteiger partial charge in [0.1, 0.15) is 18.2 Å². The minimum atomic E-state index is -3.84. The summed E-state index contributed by atoms with van der Waals surface area (Å²) in [7, 11) is -2.59. The zero-order valence-corrected chi connectivity index (χ0v) is 11.1. The van der Waals surface area contributed by atoms with Crippen molar-refractivity contribution in [3.05, 3.63) is 30.1 Å². The molecule has 6 nitrogen and oxygen atoms in total. The maximum Gasteiger partial charge on any atom is 0.320 e. The summed E-state index contributed by atoms with van der Waals surface area (Å²) in [6, 6.07) is 5.44. The molecule has 0 atom stereocenters. The van der Waals surface area contributed by atoms with Gasteiger partial charge in [0, 0.05) is 19.7 Å². The second-order valence-corrected chi connectivity index (χ2v) is 5.85.